The Kier molecular flexibility index (Phi) is 5.01. The Morgan fingerprint density at radius 2 is 2.17 bits per heavy atom. The summed E-state index contributed by atoms with van der Waals surface area (Å²) in [5.41, 5.74) is 1.29. The lowest BCUT2D eigenvalue weighted by molar-refractivity contribution is 0.0578. The van der Waals surface area contributed by atoms with Crippen molar-refractivity contribution in [1.82, 2.24) is 9.61 Å². The Balaban J connectivity index is 2.08. The molecule has 1 amide bonds. The number of anilines is 1. The number of carbonyl (C=O) groups is 1. The zero-order valence-electron chi connectivity index (χ0n) is 14.4. The van der Waals surface area contributed by atoms with E-state index in [1.807, 2.05) is 49.7 Å². The van der Waals surface area contributed by atoms with Crippen molar-refractivity contribution in [3.05, 3.63) is 21.9 Å². The second-order valence-corrected chi connectivity index (χ2v) is 8.94. The fourth-order valence-corrected chi connectivity index (χ4v) is 3.67. The van der Waals surface area contributed by atoms with E-state index >= 15 is 0 Å². The molecule has 0 spiro atoms. The number of fused-ring (bicyclic) bond motifs is 1. The molecular weight excluding hydrogens is 437 g/mol. The van der Waals surface area contributed by atoms with Gasteiger partial charge in [-0.2, -0.15) is 5.10 Å². The molecular formula is C17H22IN3O2S. The molecule has 130 valence electrons. The standard InChI is InChI=1S/C17H22IN3O2S/c1-17(2,3)23-16(22)20(10-11-8-9-11)14-12-6-5-7-13(18)21(12)19-15(14)24-4/h5-7,11H,8-10H2,1-4H3. The first-order valence-corrected chi connectivity index (χ1v) is 10.3. The number of hydrogen-bond acceptors (Lipinski definition) is 4. The number of pyridine rings is 1. The van der Waals surface area contributed by atoms with Crippen LogP contribution in [-0.4, -0.2) is 34.1 Å². The summed E-state index contributed by atoms with van der Waals surface area (Å²) in [4.78, 5) is 14.7. The van der Waals surface area contributed by atoms with Crippen LogP contribution in [-0.2, 0) is 4.74 Å². The number of ether oxygens (including phenoxy) is 1. The molecule has 1 aliphatic carbocycles. The highest BCUT2D eigenvalue weighted by molar-refractivity contribution is 14.1. The summed E-state index contributed by atoms with van der Waals surface area (Å²) in [6, 6.07) is 6.01. The molecule has 7 heteroatoms. The van der Waals surface area contributed by atoms with Crippen LogP contribution in [0, 0.1) is 9.62 Å². The summed E-state index contributed by atoms with van der Waals surface area (Å²) in [5, 5.41) is 5.53. The molecule has 1 saturated carbocycles. The molecule has 5 nitrogen and oxygen atoms in total. The molecule has 1 fully saturated rings. The number of halogens is 1. The van der Waals surface area contributed by atoms with Crippen molar-refractivity contribution in [3.8, 4) is 0 Å². The summed E-state index contributed by atoms with van der Waals surface area (Å²) >= 11 is 3.82. The van der Waals surface area contributed by atoms with E-state index in [0.29, 0.717) is 12.5 Å². The minimum atomic E-state index is -0.518. The van der Waals surface area contributed by atoms with Crippen molar-refractivity contribution in [2.45, 2.75) is 44.2 Å². The van der Waals surface area contributed by atoms with Crippen molar-refractivity contribution < 1.29 is 9.53 Å². The molecule has 2 aromatic heterocycles. The van der Waals surface area contributed by atoms with Crippen molar-refractivity contribution in [3.63, 3.8) is 0 Å². The first-order valence-electron chi connectivity index (χ1n) is 8.02. The van der Waals surface area contributed by atoms with Gasteiger partial charge in [0, 0.05) is 6.54 Å². The van der Waals surface area contributed by atoms with Gasteiger partial charge in [0.25, 0.3) is 0 Å². The maximum atomic E-state index is 12.9. The minimum Gasteiger partial charge on any atom is -0.443 e. The van der Waals surface area contributed by atoms with Crippen LogP contribution < -0.4 is 4.90 Å². The average molecular weight is 459 g/mol. The summed E-state index contributed by atoms with van der Waals surface area (Å²) in [6.07, 6.45) is 4.04. The Bertz CT molecular complexity index is 765. The van der Waals surface area contributed by atoms with Crippen LogP contribution in [0.25, 0.3) is 5.52 Å². The molecule has 0 saturated heterocycles. The molecule has 0 atom stereocenters. The quantitative estimate of drug-likeness (QED) is 0.374. The topological polar surface area (TPSA) is 46.8 Å². The zero-order valence-corrected chi connectivity index (χ0v) is 17.3. The van der Waals surface area contributed by atoms with E-state index in [2.05, 4.69) is 27.7 Å². The predicted octanol–water partition coefficient (Wildman–Crippen LogP) is 4.81. The lowest BCUT2D eigenvalue weighted by Gasteiger charge is -2.27. The zero-order chi connectivity index (χ0) is 17.5. The first kappa shape index (κ1) is 17.8. The van der Waals surface area contributed by atoms with Gasteiger partial charge in [0.15, 0.2) is 0 Å². The van der Waals surface area contributed by atoms with Gasteiger partial charge in [-0.25, -0.2) is 9.31 Å². The second kappa shape index (κ2) is 6.74. The van der Waals surface area contributed by atoms with E-state index in [4.69, 9.17) is 4.74 Å². The highest BCUT2D eigenvalue weighted by Crippen LogP contribution is 2.38. The smallest absolute Gasteiger partial charge is 0.414 e. The van der Waals surface area contributed by atoms with Gasteiger partial charge in [-0.15, -0.1) is 11.8 Å². The van der Waals surface area contributed by atoms with Crippen LogP contribution in [0.5, 0.6) is 0 Å². The van der Waals surface area contributed by atoms with Gasteiger partial charge >= 0.3 is 6.09 Å². The summed E-state index contributed by atoms with van der Waals surface area (Å²) < 4.78 is 8.58. The van der Waals surface area contributed by atoms with E-state index in [0.717, 1.165) is 19.9 Å². The Morgan fingerprint density at radius 3 is 2.75 bits per heavy atom. The molecule has 2 heterocycles. The Hall–Kier alpha value is -0.960. The van der Waals surface area contributed by atoms with Crippen LogP contribution >= 0.6 is 34.4 Å². The summed E-state index contributed by atoms with van der Waals surface area (Å²) in [7, 11) is 0. The predicted molar refractivity (Wildman–Crippen MR) is 106 cm³/mol. The van der Waals surface area contributed by atoms with Crippen molar-refractivity contribution in [2.75, 3.05) is 17.7 Å². The molecule has 24 heavy (non-hydrogen) atoms. The van der Waals surface area contributed by atoms with Gasteiger partial charge in [-0.1, -0.05) is 6.07 Å². The number of thioether (sulfide) groups is 1. The maximum Gasteiger partial charge on any atom is 0.414 e. The van der Waals surface area contributed by atoms with E-state index in [-0.39, 0.29) is 6.09 Å². The van der Waals surface area contributed by atoms with Crippen LogP contribution in [0.1, 0.15) is 33.6 Å². The fourth-order valence-electron chi connectivity index (χ4n) is 2.53. The van der Waals surface area contributed by atoms with Crippen LogP contribution in [0.15, 0.2) is 23.2 Å². The monoisotopic (exact) mass is 459 g/mol. The van der Waals surface area contributed by atoms with Gasteiger partial charge in [0.2, 0.25) is 0 Å². The number of rotatable bonds is 4. The SMILES string of the molecule is CSc1nn2c(I)cccc2c1N(CC1CC1)C(=O)OC(C)(C)C. The van der Waals surface area contributed by atoms with Crippen molar-refractivity contribution in [1.29, 1.82) is 0 Å². The number of hydrogen-bond donors (Lipinski definition) is 0. The molecule has 0 aromatic carbocycles. The first-order chi connectivity index (χ1) is 11.3. The highest BCUT2D eigenvalue weighted by Gasteiger charge is 2.33. The molecule has 0 unspecified atom stereocenters. The fraction of sp³-hybridized carbons (Fsp3) is 0.529. The number of carbonyl (C=O) groups excluding carboxylic acids is 1. The van der Waals surface area contributed by atoms with Gasteiger partial charge in [0.05, 0.1) is 5.52 Å². The van der Waals surface area contributed by atoms with E-state index in [1.54, 1.807) is 16.7 Å². The summed E-state index contributed by atoms with van der Waals surface area (Å²) in [5.74, 6) is 0.560. The Labute approximate surface area is 160 Å². The molecule has 1 aliphatic rings. The Morgan fingerprint density at radius 1 is 1.46 bits per heavy atom. The van der Waals surface area contributed by atoms with Crippen LogP contribution in [0.4, 0.5) is 10.5 Å². The number of amides is 1. The molecule has 3 rings (SSSR count). The third kappa shape index (κ3) is 3.82. The lowest BCUT2D eigenvalue weighted by atomic mass is 10.2. The summed E-state index contributed by atoms with van der Waals surface area (Å²) in [6.45, 7) is 6.38. The van der Waals surface area contributed by atoms with E-state index in [9.17, 15) is 4.79 Å². The molecule has 0 bridgehead atoms. The molecule has 0 aliphatic heterocycles. The van der Waals surface area contributed by atoms with E-state index < -0.39 is 5.60 Å². The lowest BCUT2D eigenvalue weighted by Crippen LogP contribution is -2.38. The van der Waals surface area contributed by atoms with Gasteiger partial charge in [0.1, 0.15) is 20.0 Å². The van der Waals surface area contributed by atoms with Crippen molar-refractivity contribution in [2.24, 2.45) is 5.92 Å². The van der Waals surface area contributed by atoms with Gasteiger partial charge < -0.3 is 4.74 Å². The van der Waals surface area contributed by atoms with Crippen LogP contribution in [0.2, 0.25) is 0 Å². The van der Waals surface area contributed by atoms with Crippen LogP contribution in [0.3, 0.4) is 0 Å². The maximum absolute atomic E-state index is 12.9. The minimum absolute atomic E-state index is 0.293. The molecule has 0 N–H and O–H groups in total. The largest absolute Gasteiger partial charge is 0.443 e. The molecule has 2 aromatic rings. The number of nitrogens with zero attached hydrogens (tertiary/aromatic N) is 3. The van der Waals surface area contributed by atoms with Crippen molar-refractivity contribution >= 4 is 51.7 Å². The average Bonchev–Trinajstić information content (AvgIpc) is 3.22. The molecule has 0 radical (unpaired) electrons. The third-order valence-corrected chi connectivity index (χ3v) is 5.25. The second-order valence-electron chi connectivity index (χ2n) is 7.04. The third-order valence-electron chi connectivity index (χ3n) is 3.77. The van der Waals surface area contributed by atoms with Gasteiger partial charge in [-0.05, 0) is 80.5 Å². The normalized spacial score (nSPS) is 14.9. The van der Waals surface area contributed by atoms with Gasteiger partial charge in [-0.3, -0.25) is 4.90 Å². The van der Waals surface area contributed by atoms with E-state index in [1.165, 1.54) is 12.8 Å². The highest BCUT2D eigenvalue weighted by atomic mass is 127. The number of aromatic nitrogens is 2.